The number of piperazine rings is 1. The van der Waals surface area contributed by atoms with Crippen LogP contribution in [0.1, 0.15) is 19.3 Å². The number of hydrogen-bond acceptors (Lipinski definition) is 4. The van der Waals surface area contributed by atoms with Gasteiger partial charge in [0.1, 0.15) is 0 Å². The number of likely N-dealkylation sites (tertiary alicyclic amines) is 1. The maximum Gasteiger partial charge on any atom is 0.317 e. The van der Waals surface area contributed by atoms with Crippen molar-refractivity contribution in [2.75, 3.05) is 52.4 Å². The molecule has 0 spiro atoms. The van der Waals surface area contributed by atoms with Gasteiger partial charge in [0.25, 0.3) is 0 Å². The van der Waals surface area contributed by atoms with Gasteiger partial charge in [-0.05, 0) is 18.8 Å². The van der Waals surface area contributed by atoms with Gasteiger partial charge in [-0.25, -0.2) is 4.79 Å². The smallest absolute Gasteiger partial charge is 0.317 e. The zero-order valence-electron chi connectivity index (χ0n) is 12.5. The number of amides is 2. The number of carbonyl (C=O) groups is 2. The second-order valence-electron chi connectivity index (χ2n) is 5.86. The molecule has 7 heteroatoms. The monoisotopic (exact) mass is 298 g/mol. The SMILES string of the molecule is O=C(O)CCC1CCN(C(=O)NCCN2CCNCC2)C1. The van der Waals surface area contributed by atoms with Crippen LogP contribution in [0, 0.1) is 5.92 Å². The van der Waals surface area contributed by atoms with E-state index in [1.54, 1.807) is 0 Å². The number of carboxylic acids is 1. The van der Waals surface area contributed by atoms with Gasteiger partial charge in [0, 0.05) is 58.8 Å². The van der Waals surface area contributed by atoms with E-state index < -0.39 is 5.97 Å². The predicted molar refractivity (Wildman–Crippen MR) is 79.3 cm³/mol. The molecule has 0 aromatic heterocycles. The highest BCUT2D eigenvalue weighted by Crippen LogP contribution is 2.20. The van der Waals surface area contributed by atoms with Gasteiger partial charge < -0.3 is 20.6 Å². The fourth-order valence-corrected chi connectivity index (χ4v) is 2.95. The standard InChI is InChI=1S/C14H26N4O3/c19-13(20)2-1-12-3-7-18(11-12)14(21)16-6-10-17-8-4-15-5-9-17/h12,15H,1-11H2,(H,16,21)(H,19,20). The second kappa shape index (κ2) is 8.19. The Hall–Kier alpha value is -1.34. The lowest BCUT2D eigenvalue weighted by Crippen LogP contribution is -2.47. The summed E-state index contributed by atoms with van der Waals surface area (Å²) in [4.78, 5) is 26.8. The molecule has 0 aliphatic carbocycles. The topological polar surface area (TPSA) is 84.9 Å². The first-order valence-corrected chi connectivity index (χ1v) is 7.83. The fraction of sp³-hybridized carbons (Fsp3) is 0.857. The summed E-state index contributed by atoms with van der Waals surface area (Å²) in [6, 6.07) is -0.0111. The quantitative estimate of drug-likeness (QED) is 0.632. The molecule has 120 valence electrons. The molecule has 2 aliphatic rings. The third kappa shape index (κ3) is 5.51. The van der Waals surface area contributed by atoms with Crippen LogP contribution < -0.4 is 10.6 Å². The number of rotatable bonds is 6. The van der Waals surface area contributed by atoms with Crippen LogP contribution in [-0.2, 0) is 4.79 Å². The molecule has 2 amide bonds. The number of hydrogen-bond donors (Lipinski definition) is 3. The largest absolute Gasteiger partial charge is 0.481 e. The van der Waals surface area contributed by atoms with Crippen molar-refractivity contribution in [3.8, 4) is 0 Å². The molecular weight excluding hydrogens is 272 g/mol. The van der Waals surface area contributed by atoms with Crippen molar-refractivity contribution >= 4 is 12.0 Å². The Morgan fingerprint density at radius 1 is 1.24 bits per heavy atom. The molecule has 1 atom stereocenters. The molecule has 0 saturated carbocycles. The minimum absolute atomic E-state index is 0.0111. The van der Waals surface area contributed by atoms with Crippen LogP contribution in [0.4, 0.5) is 4.79 Å². The van der Waals surface area contributed by atoms with Crippen molar-refractivity contribution < 1.29 is 14.7 Å². The minimum atomic E-state index is -0.756. The van der Waals surface area contributed by atoms with E-state index in [-0.39, 0.29) is 12.5 Å². The van der Waals surface area contributed by atoms with E-state index in [9.17, 15) is 9.59 Å². The summed E-state index contributed by atoms with van der Waals surface area (Å²) in [6.07, 6.45) is 1.78. The Kier molecular flexibility index (Phi) is 6.25. The van der Waals surface area contributed by atoms with Crippen molar-refractivity contribution in [1.29, 1.82) is 0 Å². The molecule has 0 radical (unpaired) electrons. The average Bonchev–Trinajstić information content (AvgIpc) is 2.95. The molecule has 0 aromatic rings. The van der Waals surface area contributed by atoms with Crippen molar-refractivity contribution in [2.24, 2.45) is 5.92 Å². The van der Waals surface area contributed by atoms with Gasteiger partial charge in [-0.2, -0.15) is 0 Å². The van der Waals surface area contributed by atoms with Crippen molar-refractivity contribution in [2.45, 2.75) is 19.3 Å². The molecule has 2 aliphatic heterocycles. The van der Waals surface area contributed by atoms with Gasteiger partial charge in [-0.3, -0.25) is 9.69 Å². The van der Waals surface area contributed by atoms with E-state index in [0.29, 0.717) is 25.4 Å². The first-order valence-electron chi connectivity index (χ1n) is 7.83. The first kappa shape index (κ1) is 16.0. The van der Waals surface area contributed by atoms with E-state index in [1.165, 1.54) is 0 Å². The summed E-state index contributed by atoms with van der Waals surface area (Å²) in [5.41, 5.74) is 0. The molecule has 0 bridgehead atoms. The van der Waals surface area contributed by atoms with E-state index in [0.717, 1.165) is 45.7 Å². The maximum absolute atomic E-state index is 12.0. The van der Waals surface area contributed by atoms with Crippen molar-refractivity contribution in [3.63, 3.8) is 0 Å². The Labute approximate surface area is 125 Å². The zero-order chi connectivity index (χ0) is 15.1. The van der Waals surface area contributed by atoms with Crippen molar-refractivity contribution in [3.05, 3.63) is 0 Å². The van der Waals surface area contributed by atoms with E-state index >= 15 is 0 Å². The zero-order valence-corrected chi connectivity index (χ0v) is 12.5. The molecule has 0 aromatic carbocycles. The summed E-state index contributed by atoms with van der Waals surface area (Å²) in [6.45, 7) is 7.11. The van der Waals surface area contributed by atoms with Crippen LogP contribution in [0.15, 0.2) is 0 Å². The summed E-state index contributed by atoms with van der Waals surface area (Å²) >= 11 is 0. The molecule has 21 heavy (non-hydrogen) atoms. The minimum Gasteiger partial charge on any atom is -0.481 e. The Bertz CT molecular complexity index is 358. The molecule has 2 rings (SSSR count). The number of nitrogens with zero attached hydrogens (tertiary/aromatic N) is 2. The summed E-state index contributed by atoms with van der Waals surface area (Å²) in [5, 5.41) is 15.0. The van der Waals surface area contributed by atoms with Crippen LogP contribution >= 0.6 is 0 Å². The maximum atomic E-state index is 12.0. The van der Waals surface area contributed by atoms with Crippen LogP contribution in [0.3, 0.4) is 0 Å². The number of carboxylic acid groups (broad SMARTS) is 1. The van der Waals surface area contributed by atoms with E-state index in [2.05, 4.69) is 15.5 Å². The van der Waals surface area contributed by atoms with Gasteiger partial charge in [0.05, 0.1) is 0 Å². The second-order valence-corrected chi connectivity index (χ2v) is 5.86. The first-order chi connectivity index (χ1) is 10.1. The molecule has 2 heterocycles. The van der Waals surface area contributed by atoms with Crippen LogP contribution in [0.5, 0.6) is 0 Å². The molecule has 7 nitrogen and oxygen atoms in total. The third-order valence-electron chi connectivity index (χ3n) is 4.25. The summed E-state index contributed by atoms with van der Waals surface area (Å²) in [7, 11) is 0. The highest BCUT2D eigenvalue weighted by molar-refractivity contribution is 5.74. The normalized spacial score (nSPS) is 23.2. The highest BCUT2D eigenvalue weighted by atomic mass is 16.4. The van der Waals surface area contributed by atoms with Gasteiger partial charge in [0.2, 0.25) is 0 Å². The Morgan fingerprint density at radius 2 is 2.00 bits per heavy atom. The molecule has 2 saturated heterocycles. The number of nitrogens with one attached hydrogen (secondary N) is 2. The number of carbonyl (C=O) groups excluding carboxylic acids is 1. The van der Waals surface area contributed by atoms with E-state index in [1.807, 2.05) is 4.90 Å². The van der Waals surface area contributed by atoms with Gasteiger partial charge in [-0.15, -0.1) is 0 Å². The van der Waals surface area contributed by atoms with Crippen LogP contribution in [0.2, 0.25) is 0 Å². The van der Waals surface area contributed by atoms with Crippen molar-refractivity contribution in [1.82, 2.24) is 20.4 Å². The summed E-state index contributed by atoms with van der Waals surface area (Å²) in [5.74, 6) is -0.422. The molecular formula is C14H26N4O3. The average molecular weight is 298 g/mol. The van der Waals surface area contributed by atoms with Crippen LogP contribution in [0.25, 0.3) is 0 Å². The number of urea groups is 1. The fourth-order valence-electron chi connectivity index (χ4n) is 2.95. The molecule has 3 N–H and O–H groups in total. The van der Waals surface area contributed by atoms with Gasteiger partial charge in [-0.1, -0.05) is 0 Å². The van der Waals surface area contributed by atoms with Gasteiger partial charge in [0.15, 0.2) is 0 Å². The molecule has 1 unspecified atom stereocenters. The van der Waals surface area contributed by atoms with Gasteiger partial charge >= 0.3 is 12.0 Å². The third-order valence-corrected chi connectivity index (χ3v) is 4.25. The lowest BCUT2D eigenvalue weighted by Gasteiger charge is -2.27. The predicted octanol–water partition coefficient (Wildman–Crippen LogP) is -0.212. The lowest BCUT2D eigenvalue weighted by atomic mass is 10.0. The van der Waals surface area contributed by atoms with Crippen LogP contribution in [-0.4, -0.2) is 79.3 Å². The summed E-state index contributed by atoms with van der Waals surface area (Å²) < 4.78 is 0. The molecule has 2 fully saturated rings. The Balaban J connectivity index is 1.59. The Morgan fingerprint density at radius 3 is 2.71 bits per heavy atom. The highest BCUT2D eigenvalue weighted by Gasteiger charge is 2.26. The lowest BCUT2D eigenvalue weighted by molar-refractivity contribution is -0.137. The number of aliphatic carboxylic acids is 1. The van der Waals surface area contributed by atoms with E-state index in [4.69, 9.17) is 5.11 Å².